The molecule has 0 unspecified atom stereocenters. The maximum absolute atomic E-state index is 11.7. The van der Waals surface area contributed by atoms with Crippen molar-refractivity contribution in [3.63, 3.8) is 0 Å². The van der Waals surface area contributed by atoms with Crippen LogP contribution in [0, 0.1) is 5.92 Å². The average molecular weight is 267 g/mol. The second-order valence-corrected chi connectivity index (χ2v) is 6.05. The molecule has 0 aromatic carbocycles. The molecule has 7 heteroatoms. The molecule has 2 atom stereocenters. The van der Waals surface area contributed by atoms with Crippen LogP contribution in [-0.2, 0) is 11.3 Å². The van der Waals surface area contributed by atoms with Crippen molar-refractivity contribution in [3.8, 4) is 0 Å². The zero-order chi connectivity index (χ0) is 13.9. The van der Waals surface area contributed by atoms with E-state index in [2.05, 4.69) is 20.8 Å². The molecule has 1 N–H and O–H groups in total. The second kappa shape index (κ2) is 5.54. The Morgan fingerprint density at radius 3 is 2.89 bits per heavy atom. The number of ether oxygens (including phenoxy) is 1. The second-order valence-electron chi connectivity index (χ2n) is 6.05. The van der Waals surface area contributed by atoms with Gasteiger partial charge in [-0.1, -0.05) is 0 Å². The molecule has 1 amide bonds. The summed E-state index contributed by atoms with van der Waals surface area (Å²) in [5.74, 6) is 0.503. The number of carbonyl (C=O) groups is 1. The van der Waals surface area contributed by atoms with E-state index in [0.717, 1.165) is 25.8 Å². The fourth-order valence-corrected chi connectivity index (χ4v) is 2.37. The van der Waals surface area contributed by atoms with E-state index in [1.165, 1.54) is 0 Å². The average Bonchev–Trinajstić information content (AvgIpc) is 2.88. The van der Waals surface area contributed by atoms with Gasteiger partial charge in [0.25, 0.3) is 0 Å². The Labute approximate surface area is 112 Å². The van der Waals surface area contributed by atoms with Crippen molar-refractivity contribution in [1.29, 1.82) is 0 Å². The van der Waals surface area contributed by atoms with Crippen LogP contribution in [0.25, 0.3) is 0 Å². The molecule has 2 rings (SSSR count). The SMILES string of the molecule is CC(C)(C)OC(=O)N[C@@H]1CC[C@H](Cn2cnnn2)C1. The number of carbonyl (C=O) groups excluding carboxylic acids is 1. The van der Waals surface area contributed by atoms with Crippen LogP contribution >= 0.6 is 0 Å². The van der Waals surface area contributed by atoms with E-state index in [0.29, 0.717) is 5.92 Å². The molecule has 106 valence electrons. The Kier molecular flexibility index (Phi) is 4.01. The van der Waals surface area contributed by atoms with Crippen LogP contribution in [0.2, 0.25) is 0 Å². The molecule has 0 bridgehead atoms. The number of nitrogens with one attached hydrogen (secondary N) is 1. The molecule has 0 radical (unpaired) electrons. The minimum Gasteiger partial charge on any atom is -0.444 e. The van der Waals surface area contributed by atoms with Crippen LogP contribution in [0.3, 0.4) is 0 Å². The number of nitrogens with zero attached hydrogens (tertiary/aromatic N) is 4. The van der Waals surface area contributed by atoms with Crippen molar-refractivity contribution in [3.05, 3.63) is 6.33 Å². The molecule has 0 spiro atoms. The maximum Gasteiger partial charge on any atom is 0.407 e. The summed E-state index contributed by atoms with van der Waals surface area (Å²) in [6.07, 6.45) is 4.28. The third kappa shape index (κ3) is 4.50. The lowest BCUT2D eigenvalue weighted by Gasteiger charge is -2.21. The third-order valence-corrected chi connectivity index (χ3v) is 3.10. The summed E-state index contributed by atoms with van der Waals surface area (Å²) in [4.78, 5) is 11.7. The minimum atomic E-state index is -0.450. The Balaban J connectivity index is 1.74. The summed E-state index contributed by atoms with van der Waals surface area (Å²) < 4.78 is 6.99. The highest BCUT2D eigenvalue weighted by Gasteiger charge is 2.28. The molecule has 0 saturated heterocycles. The van der Waals surface area contributed by atoms with E-state index in [4.69, 9.17) is 4.74 Å². The minimum absolute atomic E-state index is 0.191. The predicted octanol–water partition coefficient (Wildman–Crippen LogP) is 1.37. The summed E-state index contributed by atoms with van der Waals surface area (Å²) in [6, 6.07) is 0.191. The molecule has 1 aliphatic rings. The topological polar surface area (TPSA) is 81.9 Å². The van der Waals surface area contributed by atoms with Gasteiger partial charge in [0.2, 0.25) is 0 Å². The van der Waals surface area contributed by atoms with E-state index in [9.17, 15) is 4.79 Å². The van der Waals surface area contributed by atoms with Gasteiger partial charge in [0.05, 0.1) is 0 Å². The number of alkyl carbamates (subject to hydrolysis) is 1. The fourth-order valence-electron chi connectivity index (χ4n) is 2.37. The molecule has 1 aliphatic carbocycles. The van der Waals surface area contributed by atoms with Gasteiger partial charge in [0, 0.05) is 12.6 Å². The van der Waals surface area contributed by atoms with E-state index >= 15 is 0 Å². The molecular formula is C12H21N5O2. The molecule has 7 nitrogen and oxygen atoms in total. The number of hydrogen-bond donors (Lipinski definition) is 1. The first-order valence-electron chi connectivity index (χ1n) is 6.62. The summed E-state index contributed by atoms with van der Waals surface area (Å²) in [5.41, 5.74) is -0.450. The van der Waals surface area contributed by atoms with Gasteiger partial charge in [-0.25, -0.2) is 9.48 Å². The van der Waals surface area contributed by atoms with Crippen molar-refractivity contribution >= 4 is 6.09 Å². The highest BCUT2D eigenvalue weighted by molar-refractivity contribution is 5.68. The highest BCUT2D eigenvalue weighted by Crippen LogP contribution is 2.26. The van der Waals surface area contributed by atoms with Gasteiger partial charge in [-0.2, -0.15) is 0 Å². The Hall–Kier alpha value is -1.66. The van der Waals surface area contributed by atoms with Crippen LogP contribution < -0.4 is 5.32 Å². The van der Waals surface area contributed by atoms with E-state index in [1.807, 2.05) is 20.8 Å². The normalized spacial score (nSPS) is 23.3. The largest absolute Gasteiger partial charge is 0.444 e. The summed E-state index contributed by atoms with van der Waals surface area (Å²) in [5, 5.41) is 14.0. The molecule has 1 aromatic heterocycles. The third-order valence-electron chi connectivity index (χ3n) is 3.10. The molecule has 1 heterocycles. The Morgan fingerprint density at radius 2 is 2.26 bits per heavy atom. The van der Waals surface area contributed by atoms with Gasteiger partial charge in [0.1, 0.15) is 11.9 Å². The Morgan fingerprint density at radius 1 is 1.47 bits per heavy atom. The zero-order valence-electron chi connectivity index (χ0n) is 11.7. The number of tetrazole rings is 1. The van der Waals surface area contributed by atoms with Gasteiger partial charge in [-0.3, -0.25) is 0 Å². The van der Waals surface area contributed by atoms with Crippen molar-refractivity contribution in [1.82, 2.24) is 25.5 Å². The first-order chi connectivity index (χ1) is 8.92. The lowest BCUT2D eigenvalue weighted by atomic mass is 10.1. The lowest BCUT2D eigenvalue weighted by molar-refractivity contribution is 0.0504. The predicted molar refractivity (Wildman–Crippen MR) is 68.3 cm³/mol. The first-order valence-corrected chi connectivity index (χ1v) is 6.62. The van der Waals surface area contributed by atoms with Gasteiger partial charge in [-0.05, 0) is 56.4 Å². The zero-order valence-corrected chi connectivity index (χ0v) is 11.7. The van der Waals surface area contributed by atoms with Gasteiger partial charge in [0.15, 0.2) is 0 Å². The van der Waals surface area contributed by atoms with Crippen LogP contribution in [0.4, 0.5) is 4.79 Å². The quantitative estimate of drug-likeness (QED) is 0.894. The number of amides is 1. The van der Waals surface area contributed by atoms with E-state index < -0.39 is 5.60 Å². The molecular weight excluding hydrogens is 246 g/mol. The highest BCUT2D eigenvalue weighted by atomic mass is 16.6. The summed E-state index contributed by atoms with van der Waals surface area (Å²) in [6.45, 7) is 6.39. The Bertz CT molecular complexity index is 412. The van der Waals surface area contributed by atoms with Gasteiger partial charge in [-0.15, -0.1) is 5.10 Å². The van der Waals surface area contributed by atoms with Gasteiger partial charge >= 0.3 is 6.09 Å². The lowest BCUT2D eigenvalue weighted by Crippen LogP contribution is -2.38. The number of hydrogen-bond acceptors (Lipinski definition) is 5. The fraction of sp³-hybridized carbons (Fsp3) is 0.833. The van der Waals surface area contributed by atoms with Crippen molar-refractivity contribution < 1.29 is 9.53 Å². The van der Waals surface area contributed by atoms with Gasteiger partial charge < -0.3 is 10.1 Å². The standard InChI is InChI=1S/C12H21N5O2/c1-12(2,3)19-11(18)14-10-5-4-9(6-10)7-17-8-13-15-16-17/h8-10H,4-7H2,1-3H3,(H,14,18)/t9-,10+/m0/s1. The van der Waals surface area contributed by atoms with Crippen molar-refractivity contribution in [2.45, 2.75) is 58.2 Å². The molecule has 1 saturated carbocycles. The van der Waals surface area contributed by atoms with Crippen LogP contribution in [0.1, 0.15) is 40.0 Å². The van der Waals surface area contributed by atoms with Crippen molar-refractivity contribution in [2.75, 3.05) is 0 Å². The molecule has 1 aromatic rings. The van der Waals surface area contributed by atoms with E-state index in [-0.39, 0.29) is 12.1 Å². The summed E-state index contributed by atoms with van der Waals surface area (Å²) in [7, 11) is 0. The van der Waals surface area contributed by atoms with Crippen LogP contribution in [0.5, 0.6) is 0 Å². The van der Waals surface area contributed by atoms with E-state index in [1.54, 1.807) is 11.0 Å². The number of rotatable bonds is 3. The van der Waals surface area contributed by atoms with Crippen LogP contribution in [-0.4, -0.2) is 37.9 Å². The van der Waals surface area contributed by atoms with Crippen molar-refractivity contribution in [2.24, 2.45) is 5.92 Å². The molecule has 1 fully saturated rings. The monoisotopic (exact) mass is 267 g/mol. The van der Waals surface area contributed by atoms with Crippen LogP contribution in [0.15, 0.2) is 6.33 Å². The number of aromatic nitrogens is 4. The summed E-state index contributed by atoms with van der Waals surface area (Å²) >= 11 is 0. The molecule has 0 aliphatic heterocycles. The first kappa shape index (κ1) is 13.8. The smallest absolute Gasteiger partial charge is 0.407 e. The molecule has 19 heavy (non-hydrogen) atoms. The maximum atomic E-state index is 11.7.